The number of esters is 1. The summed E-state index contributed by atoms with van der Waals surface area (Å²) in [6.07, 6.45) is 1.09. The van der Waals surface area contributed by atoms with Gasteiger partial charge in [-0.2, -0.15) is 10.2 Å². The van der Waals surface area contributed by atoms with E-state index in [9.17, 15) is 4.79 Å². The van der Waals surface area contributed by atoms with Crippen molar-refractivity contribution in [2.24, 2.45) is 10.2 Å². The lowest BCUT2D eigenvalue weighted by atomic mass is 10.1. The molecule has 1 atom stereocenters. The van der Waals surface area contributed by atoms with Crippen LogP contribution in [0.25, 0.3) is 0 Å². The second kappa shape index (κ2) is 5.73. The highest BCUT2D eigenvalue weighted by molar-refractivity contribution is 5.69. The van der Waals surface area contributed by atoms with Gasteiger partial charge in [0, 0.05) is 6.42 Å². The molecule has 0 aliphatic carbocycles. The van der Waals surface area contributed by atoms with E-state index in [1.165, 1.54) is 7.11 Å². The van der Waals surface area contributed by atoms with Gasteiger partial charge in [0.15, 0.2) is 0 Å². The van der Waals surface area contributed by atoms with Crippen LogP contribution in [0.4, 0.5) is 0 Å². The van der Waals surface area contributed by atoms with E-state index in [1.807, 2.05) is 27.7 Å². The van der Waals surface area contributed by atoms with Crippen molar-refractivity contribution in [2.45, 2.75) is 52.1 Å². The van der Waals surface area contributed by atoms with Crippen LogP contribution in [0.3, 0.4) is 0 Å². The number of ether oxygens (including phenoxy) is 1. The van der Waals surface area contributed by atoms with Gasteiger partial charge in [-0.25, -0.2) is 0 Å². The zero-order chi connectivity index (χ0) is 11.2. The van der Waals surface area contributed by atoms with Crippen LogP contribution < -0.4 is 0 Å². The van der Waals surface area contributed by atoms with Gasteiger partial charge in [-0.3, -0.25) is 4.79 Å². The number of azo groups is 1. The van der Waals surface area contributed by atoms with E-state index >= 15 is 0 Å². The third kappa shape index (κ3) is 7.71. The van der Waals surface area contributed by atoms with Crippen molar-refractivity contribution >= 4 is 5.97 Å². The topological polar surface area (TPSA) is 51.0 Å². The molecule has 0 saturated carbocycles. The lowest BCUT2D eigenvalue weighted by Crippen LogP contribution is -2.11. The van der Waals surface area contributed by atoms with E-state index in [4.69, 9.17) is 0 Å². The maximum absolute atomic E-state index is 10.8. The quantitative estimate of drug-likeness (QED) is 0.517. The molecular formula is C10H20N2O2. The van der Waals surface area contributed by atoms with E-state index in [0.717, 1.165) is 0 Å². The predicted molar refractivity (Wildman–Crippen MR) is 55.3 cm³/mol. The minimum absolute atomic E-state index is 0.0772. The largest absolute Gasteiger partial charge is 0.469 e. The highest BCUT2D eigenvalue weighted by Crippen LogP contribution is 2.10. The molecule has 4 nitrogen and oxygen atoms in total. The first kappa shape index (κ1) is 13.1. The zero-order valence-electron chi connectivity index (χ0n) is 9.70. The average Bonchev–Trinajstić information content (AvgIpc) is 2.09. The van der Waals surface area contributed by atoms with Crippen molar-refractivity contribution in [3.63, 3.8) is 0 Å². The Morgan fingerprint density at radius 1 is 1.43 bits per heavy atom. The summed E-state index contributed by atoms with van der Waals surface area (Å²) >= 11 is 0. The summed E-state index contributed by atoms with van der Waals surface area (Å²) in [5.41, 5.74) is -0.139. The smallest absolute Gasteiger partial charge is 0.305 e. The van der Waals surface area contributed by atoms with Crippen LogP contribution in [0.2, 0.25) is 0 Å². The number of methoxy groups -OCH3 is 1. The van der Waals surface area contributed by atoms with E-state index in [1.54, 1.807) is 0 Å². The lowest BCUT2D eigenvalue weighted by molar-refractivity contribution is -0.140. The molecule has 0 amide bonds. The molecule has 0 aliphatic heterocycles. The highest BCUT2D eigenvalue weighted by atomic mass is 16.5. The summed E-state index contributed by atoms with van der Waals surface area (Å²) in [6.45, 7) is 7.91. The first-order valence-electron chi connectivity index (χ1n) is 4.84. The van der Waals surface area contributed by atoms with Crippen LogP contribution in [0.5, 0.6) is 0 Å². The summed E-state index contributed by atoms with van der Waals surface area (Å²) in [4.78, 5) is 10.8. The fraction of sp³-hybridized carbons (Fsp3) is 0.900. The molecule has 1 unspecified atom stereocenters. The molecule has 0 radical (unpaired) electrons. The second-order valence-corrected chi connectivity index (χ2v) is 4.35. The van der Waals surface area contributed by atoms with Crippen molar-refractivity contribution in [2.75, 3.05) is 7.11 Å². The molecule has 0 rings (SSSR count). The van der Waals surface area contributed by atoms with Crippen LogP contribution in [0.1, 0.15) is 40.5 Å². The highest BCUT2D eigenvalue weighted by Gasteiger charge is 2.09. The second-order valence-electron chi connectivity index (χ2n) is 4.35. The Labute approximate surface area is 85.7 Å². The van der Waals surface area contributed by atoms with Crippen molar-refractivity contribution in [3.8, 4) is 0 Å². The molecule has 0 aromatic carbocycles. The predicted octanol–water partition coefficient (Wildman–Crippen LogP) is 2.58. The molecule has 0 N–H and O–H groups in total. The molecule has 4 heteroatoms. The summed E-state index contributed by atoms with van der Waals surface area (Å²) in [5.74, 6) is -0.192. The number of rotatable bonds is 4. The lowest BCUT2D eigenvalue weighted by Gasteiger charge is -2.11. The van der Waals surface area contributed by atoms with E-state index in [2.05, 4.69) is 15.0 Å². The Morgan fingerprint density at radius 2 is 2.00 bits per heavy atom. The van der Waals surface area contributed by atoms with E-state index in [0.29, 0.717) is 12.8 Å². The van der Waals surface area contributed by atoms with E-state index < -0.39 is 0 Å². The van der Waals surface area contributed by atoms with Crippen LogP contribution in [-0.2, 0) is 9.53 Å². The molecule has 82 valence electrons. The van der Waals surface area contributed by atoms with Crippen LogP contribution in [0.15, 0.2) is 10.2 Å². The Morgan fingerprint density at radius 3 is 2.43 bits per heavy atom. The van der Waals surface area contributed by atoms with Gasteiger partial charge in [-0.05, 0) is 34.1 Å². The van der Waals surface area contributed by atoms with Gasteiger partial charge in [0.1, 0.15) is 0 Å². The maximum atomic E-state index is 10.8. The van der Waals surface area contributed by atoms with Gasteiger partial charge < -0.3 is 4.74 Å². The Kier molecular flexibility index (Phi) is 5.35. The molecule has 0 spiro atoms. The Balaban J connectivity index is 3.81. The van der Waals surface area contributed by atoms with Gasteiger partial charge in [-0.1, -0.05) is 0 Å². The molecule has 0 heterocycles. The maximum Gasteiger partial charge on any atom is 0.305 e. The standard InChI is InChI=1S/C10H20N2O2/c1-8(6-7-9(13)14-5)11-12-10(2,3)4/h8H,6-7H2,1-5H3. The van der Waals surface area contributed by atoms with Crippen LogP contribution >= 0.6 is 0 Å². The van der Waals surface area contributed by atoms with Gasteiger partial charge in [-0.15, -0.1) is 0 Å². The SMILES string of the molecule is COC(=O)CCC(C)N=NC(C)(C)C. The van der Waals surface area contributed by atoms with Crippen LogP contribution in [-0.4, -0.2) is 24.7 Å². The van der Waals surface area contributed by atoms with Gasteiger partial charge in [0.05, 0.1) is 18.7 Å². The fourth-order valence-corrected chi connectivity index (χ4v) is 0.758. The normalized spacial score (nSPS) is 14.4. The summed E-state index contributed by atoms with van der Waals surface area (Å²) in [5, 5.41) is 8.25. The number of nitrogens with zero attached hydrogens (tertiary/aromatic N) is 2. The third-order valence-electron chi connectivity index (χ3n) is 1.55. The fourth-order valence-electron chi connectivity index (χ4n) is 0.758. The van der Waals surface area contributed by atoms with Crippen molar-refractivity contribution in [3.05, 3.63) is 0 Å². The number of hydrogen-bond acceptors (Lipinski definition) is 4. The molecule has 0 bridgehead atoms. The molecule has 0 aromatic rings. The van der Waals surface area contributed by atoms with Crippen molar-refractivity contribution in [1.82, 2.24) is 0 Å². The minimum atomic E-state index is -0.192. The Hall–Kier alpha value is -0.930. The molecule has 0 fully saturated rings. The van der Waals surface area contributed by atoms with Gasteiger partial charge in [0.25, 0.3) is 0 Å². The van der Waals surface area contributed by atoms with Gasteiger partial charge in [0.2, 0.25) is 0 Å². The molecule has 0 aromatic heterocycles. The average molecular weight is 200 g/mol. The molecule has 0 aliphatic rings. The summed E-state index contributed by atoms with van der Waals surface area (Å²) < 4.78 is 4.53. The Bertz CT molecular complexity index is 207. The number of carbonyl (C=O) groups is 1. The first-order chi connectivity index (χ1) is 6.35. The molecule has 14 heavy (non-hydrogen) atoms. The summed E-state index contributed by atoms with van der Waals surface area (Å²) in [6, 6.07) is 0.0772. The monoisotopic (exact) mass is 200 g/mol. The zero-order valence-corrected chi connectivity index (χ0v) is 9.70. The van der Waals surface area contributed by atoms with E-state index in [-0.39, 0.29) is 17.6 Å². The first-order valence-corrected chi connectivity index (χ1v) is 4.84. The van der Waals surface area contributed by atoms with Crippen LogP contribution in [0, 0.1) is 0 Å². The molecular weight excluding hydrogens is 180 g/mol. The number of hydrogen-bond donors (Lipinski definition) is 0. The van der Waals surface area contributed by atoms with Crippen molar-refractivity contribution < 1.29 is 9.53 Å². The molecule has 0 saturated heterocycles. The third-order valence-corrected chi connectivity index (χ3v) is 1.55. The number of carbonyl (C=O) groups excluding carboxylic acids is 1. The summed E-state index contributed by atoms with van der Waals surface area (Å²) in [7, 11) is 1.39. The minimum Gasteiger partial charge on any atom is -0.469 e. The van der Waals surface area contributed by atoms with Gasteiger partial charge >= 0.3 is 5.97 Å². The van der Waals surface area contributed by atoms with Crippen molar-refractivity contribution in [1.29, 1.82) is 0 Å².